The molecule has 0 bridgehead atoms. The highest BCUT2D eigenvalue weighted by Crippen LogP contribution is 2.21. The molecule has 0 unspecified atom stereocenters. The van der Waals surface area contributed by atoms with Crippen LogP contribution in [0.2, 0.25) is 0 Å². The molecule has 0 saturated heterocycles. The van der Waals surface area contributed by atoms with Gasteiger partial charge in [0.1, 0.15) is 0 Å². The minimum atomic E-state index is -0.178. The highest BCUT2D eigenvalue weighted by molar-refractivity contribution is 5.89. The maximum atomic E-state index is 12.2. The highest BCUT2D eigenvalue weighted by Gasteiger charge is 2.17. The van der Waals surface area contributed by atoms with Gasteiger partial charge in [0.05, 0.1) is 6.04 Å². The first-order chi connectivity index (χ1) is 10.1. The van der Waals surface area contributed by atoms with Gasteiger partial charge in [-0.25, -0.2) is 4.79 Å². The van der Waals surface area contributed by atoms with Crippen molar-refractivity contribution in [3.63, 3.8) is 0 Å². The van der Waals surface area contributed by atoms with E-state index in [9.17, 15) is 4.79 Å². The van der Waals surface area contributed by atoms with E-state index in [1.54, 1.807) is 0 Å². The summed E-state index contributed by atoms with van der Waals surface area (Å²) in [6.45, 7) is 6.21. The summed E-state index contributed by atoms with van der Waals surface area (Å²) < 4.78 is 0. The Hall–Kier alpha value is -2.29. The van der Waals surface area contributed by atoms with Crippen molar-refractivity contribution in [2.24, 2.45) is 5.92 Å². The zero-order valence-corrected chi connectivity index (χ0v) is 12.8. The summed E-state index contributed by atoms with van der Waals surface area (Å²) in [6, 6.07) is 17.6. The molecule has 0 radical (unpaired) electrons. The molecular weight excluding hydrogens is 260 g/mol. The number of hydrogen-bond acceptors (Lipinski definition) is 1. The van der Waals surface area contributed by atoms with E-state index in [0.717, 1.165) is 16.8 Å². The Morgan fingerprint density at radius 3 is 2.33 bits per heavy atom. The van der Waals surface area contributed by atoms with Gasteiger partial charge in [0.2, 0.25) is 0 Å². The van der Waals surface area contributed by atoms with Crippen LogP contribution < -0.4 is 10.6 Å². The molecule has 0 fully saturated rings. The van der Waals surface area contributed by atoms with E-state index >= 15 is 0 Å². The van der Waals surface area contributed by atoms with Gasteiger partial charge in [-0.05, 0) is 36.1 Å². The average molecular weight is 282 g/mol. The largest absolute Gasteiger partial charge is 0.331 e. The predicted octanol–water partition coefficient (Wildman–Crippen LogP) is 4.51. The zero-order valence-electron chi connectivity index (χ0n) is 12.8. The SMILES string of the molecule is Cc1cccc(NC(=O)N[C@@H](c2ccccc2)C(C)C)c1. The average Bonchev–Trinajstić information content (AvgIpc) is 2.45. The fraction of sp³-hybridized carbons (Fsp3) is 0.278. The smallest absolute Gasteiger partial charge is 0.319 e. The van der Waals surface area contributed by atoms with Gasteiger partial charge in [0, 0.05) is 5.69 Å². The molecule has 110 valence electrons. The molecule has 3 heteroatoms. The minimum Gasteiger partial charge on any atom is -0.331 e. The number of anilines is 1. The Morgan fingerprint density at radius 1 is 1.00 bits per heavy atom. The number of rotatable bonds is 4. The molecule has 2 aromatic rings. The first-order valence-corrected chi connectivity index (χ1v) is 7.25. The van der Waals surface area contributed by atoms with Crippen LogP contribution in [0, 0.1) is 12.8 Å². The third-order valence-corrected chi connectivity index (χ3v) is 3.39. The Morgan fingerprint density at radius 2 is 1.71 bits per heavy atom. The van der Waals surface area contributed by atoms with Crippen LogP contribution in [-0.4, -0.2) is 6.03 Å². The zero-order chi connectivity index (χ0) is 15.2. The Labute approximate surface area is 126 Å². The number of carbonyl (C=O) groups excluding carboxylic acids is 1. The monoisotopic (exact) mass is 282 g/mol. The third-order valence-electron chi connectivity index (χ3n) is 3.39. The van der Waals surface area contributed by atoms with Crippen LogP contribution in [0.15, 0.2) is 54.6 Å². The molecule has 0 saturated carbocycles. The first kappa shape index (κ1) is 15.1. The number of benzene rings is 2. The van der Waals surface area contributed by atoms with Crippen molar-refractivity contribution < 1.29 is 4.79 Å². The molecule has 2 amide bonds. The number of hydrogen-bond donors (Lipinski definition) is 2. The summed E-state index contributed by atoms with van der Waals surface area (Å²) in [7, 11) is 0. The van der Waals surface area contributed by atoms with Crippen molar-refractivity contribution in [3.8, 4) is 0 Å². The van der Waals surface area contributed by atoms with Crippen LogP contribution in [0.1, 0.15) is 31.0 Å². The van der Waals surface area contributed by atoms with E-state index in [4.69, 9.17) is 0 Å². The Bertz CT molecular complexity index is 593. The summed E-state index contributed by atoms with van der Waals surface area (Å²) in [5.74, 6) is 0.315. The molecule has 0 aromatic heterocycles. The van der Waals surface area contributed by atoms with Crippen LogP contribution in [0.3, 0.4) is 0 Å². The van der Waals surface area contributed by atoms with Crippen molar-refractivity contribution in [1.29, 1.82) is 0 Å². The quantitative estimate of drug-likeness (QED) is 0.851. The van der Waals surface area contributed by atoms with E-state index in [2.05, 4.69) is 24.5 Å². The molecule has 0 heterocycles. The van der Waals surface area contributed by atoms with Gasteiger partial charge in [-0.1, -0.05) is 56.3 Å². The van der Waals surface area contributed by atoms with Gasteiger partial charge >= 0.3 is 6.03 Å². The lowest BCUT2D eigenvalue weighted by Gasteiger charge is -2.23. The van der Waals surface area contributed by atoms with E-state index in [1.165, 1.54) is 0 Å². The van der Waals surface area contributed by atoms with Gasteiger partial charge < -0.3 is 10.6 Å². The molecular formula is C18H22N2O. The fourth-order valence-electron chi connectivity index (χ4n) is 2.33. The van der Waals surface area contributed by atoms with Crippen LogP contribution in [0.25, 0.3) is 0 Å². The van der Waals surface area contributed by atoms with Crippen LogP contribution >= 0.6 is 0 Å². The first-order valence-electron chi connectivity index (χ1n) is 7.25. The second kappa shape index (κ2) is 6.93. The molecule has 21 heavy (non-hydrogen) atoms. The molecule has 2 N–H and O–H groups in total. The summed E-state index contributed by atoms with van der Waals surface area (Å²) in [6.07, 6.45) is 0. The normalized spacial score (nSPS) is 12.0. The van der Waals surface area contributed by atoms with Gasteiger partial charge in [-0.2, -0.15) is 0 Å². The molecule has 1 atom stereocenters. The van der Waals surface area contributed by atoms with Gasteiger partial charge in [0.15, 0.2) is 0 Å². The Kier molecular flexibility index (Phi) is 4.99. The standard InChI is InChI=1S/C18H22N2O/c1-13(2)17(15-9-5-4-6-10-15)20-18(21)19-16-11-7-8-14(3)12-16/h4-13,17H,1-3H3,(H2,19,20,21)/t17-/m1/s1. The summed E-state index contributed by atoms with van der Waals surface area (Å²) in [4.78, 5) is 12.2. The predicted molar refractivity (Wildman–Crippen MR) is 87.4 cm³/mol. The van der Waals surface area contributed by atoms with E-state index in [0.29, 0.717) is 5.92 Å². The van der Waals surface area contributed by atoms with E-state index < -0.39 is 0 Å². The van der Waals surface area contributed by atoms with E-state index in [1.807, 2.05) is 61.5 Å². The second-order valence-electron chi connectivity index (χ2n) is 5.60. The summed E-state index contributed by atoms with van der Waals surface area (Å²) >= 11 is 0. The van der Waals surface area contributed by atoms with Gasteiger partial charge in [0.25, 0.3) is 0 Å². The van der Waals surface area contributed by atoms with Crippen molar-refractivity contribution >= 4 is 11.7 Å². The molecule has 2 aromatic carbocycles. The molecule has 0 aliphatic carbocycles. The summed E-state index contributed by atoms with van der Waals surface area (Å²) in [5.41, 5.74) is 3.05. The maximum Gasteiger partial charge on any atom is 0.319 e. The molecule has 0 aliphatic rings. The lowest BCUT2D eigenvalue weighted by molar-refractivity contribution is 0.244. The van der Waals surface area contributed by atoms with Crippen molar-refractivity contribution in [1.82, 2.24) is 5.32 Å². The van der Waals surface area contributed by atoms with Crippen molar-refractivity contribution in [2.75, 3.05) is 5.32 Å². The molecule has 0 spiro atoms. The van der Waals surface area contributed by atoms with Crippen LogP contribution in [0.5, 0.6) is 0 Å². The van der Waals surface area contributed by atoms with Gasteiger partial charge in [-0.15, -0.1) is 0 Å². The third kappa shape index (κ3) is 4.35. The molecule has 3 nitrogen and oxygen atoms in total. The summed E-state index contributed by atoms with van der Waals surface area (Å²) in [5, 5.41) is 5.94. The highest BCUT2D eigenvalue weighted by atomic mass is 16.2. The lowest BCUT2D eigenvalue weighted by atomic mass is 9.96. The van der Waals surface area contributed by atoms with Crippen molar-refractivity contribution in [2.45, 2.75) is 26.8 Å². The second-order valence-corrected chi connectivity index (χ2v) is 5.60. The Balaban J connectivity index is 2.05. The van der Waals surface area contributed by atoms with Crippen LogP contribution in [-0.2, 0) is 0 Å². The molecule has 0 aliphatic heterocycles. The number of nitrogens with one attached hydrogen (secondary N) is 2. The number of urea groups is 1. The topological polar surface area (TPSA) is 41.1 Å². The molecule has 2 rings (SSSR count). The van der Waals surface area contributed by atoms with Crippen LogP contribution in [0.4, 0.5) is 10.5 Å². The number of amides is 2. The maximum absolute atomic E-state index is 12.2. The fourth-order valence-corrected chi connectivity index (χ4v) is 2.33. The van der Waals surface area contributed by atoms with E-state index in [-0.39, 0.29) is 12.1 Å². The van der Waals surface area contributed by atoms with Gasteiger partial charge in [-0.3, -0.25) is 0 Å². The number of aryl methyl sites for hydroxylation is 1. The lowest BCUT2D eigenvalue weighted by Crippen LogP contribution is -2.35. The number of carbonyl (C=O) groups is 1. The van der Waals surface area contributed by atoms with Crippen molar-refractivity contribution in [3.05, 3.63) is 65.7 Å². The minimum absolute atomic E-state index is 0.00370.